The van der Waals surface area contributed by atoms with Gasteiger partial charge in [-0.05, 0) is 43.5 Å². The molecule has 2 aromatic carbocycles. The molecule has 0 radical (unpaired) electrons. The third kappa shape index (κ3) is 6.06. The average Bonchev–Trinajstić information content (AvgIpc) is 2.92. The van der Waals surface area contributed by atoms with E-state index in [4.69, 9.17) is 14.2 Å². The molecule has 1 aromatic heterocycles. The Kier molecular flexibility index (Phi) is 8.02. The second-order valence-corrected chi connectivity index (χ2v) is 8.50. The van der Waals surface area contributed by atoms with Gasteiger partial charge in [-0.15, -0.1) is 0 Å². The highest BCUT2D eigenvalue weighted by atomic mass is 19.1. The molecule has 1 heterocycles. The number of amides is 2. The van der Waals surface area contributed by atoms with E-state index in [1.54, 1.807) is 31.4 Å². The summed E-state index contributed by atoms with van der Waals surface area (Å²) in [6, 6.07) is 8.97. The molecule has 37 heavy (non-hydrogen) atoms. The molecule has 1 aliphatic carbocycles. The van der Waals surface area contributed by atoms with Crippen LogP contribution in [-0.4, -0.2) is 49.5 Å². The molecular formula is C28H28FN3O5. The molecule has 8 nitrogen and oxygen atoms in total. The lowest BCUT2D eigenvalue weighted by molar-refractivity contribution is -0.142. The molecule has 0 atom stereocenters. The normalized spacial score (nSPS) is 12.6. The SMILES string of the molecule is COc1cc2nccc(Oc3ccc(NC(=O)C(=O)N(C)CCC4=CC=CCC4)cc3F)c2cc1OC. The van der Waals surface area contributed by atoms with Crippen LogP contribution in [0.3, 0.4) is 0 Å². The van der Waals surface area contributed by atoms with Crippen molar-refractivity contribution >= 4 is 28.4 Å². The zero-order valence-corrected chi connectivity index (χ0v) is 20.9. The summed E-state index contributed by atoms with van der Waals surface area (Å²) in [7, 11) is 4.61. The van der Waals surface area contributed by atoms with Gasteiger partial charge in [0.25, 0.3) is 0 Å². The Hall–Kier alpha value is -4.40. The number of benzene rings is 2. The minimum Gasteiger partial charge on any atom is -0.493 e. The van der Waals surface area contributed by atoms with E-state index in [0.717, 1.165) is 18.9 Å². The lowest BCUT2D eigenvalue weighted by Gasteiger charge is -2.18. The first-order valence-electron chi connectivity index (χ1n) is 11.8. The van der Waals surface area contributed by atoms with Gasteiger partial charge < -0.3 is 24.4 Å². The number of hydrogen-bond donors (Lipinski definition) is 1. The molecule has 3 aromatic rings. The topological polar surface area (TPSA) is 90.0 Å². The first-order valence-corrected chi connectivity index (χ1v) is 11.8. The van der Waals surface area contributed by atoms with Crippen molar-refractivity contribution in [1.82, 2.24) is 9.88 Å². The number of hydrogen-bond acceptors (Lipinski definition) is 6. The number of nitrogens with one attached hydrogen (secondary N) is 1. The van der Waals surface area contributed by atoms with Gasteiger partial charge in [0.2, 0.25) is 0 Å². The molecule has 0 bridgehead atoms. The van der Waals surface area contributed by atoms with E-state index in [1.165, 1.54) is 36.8 Å². The average molecular weight is 506 g/mol. The predicted octanol–water partition coefficient (Wildman–Crippen LogP) is 5.25. The summed E-state index contributed by atoms with van der Waals surface area (Å²) in [5.74, 6) is -0.945. The Bertz CT molecular complexity index is 1390. The molecular weight excluding hydrogens is 477 g/mol. The highest BCUT2D eigenvalue weighted by molar-refractivity contribution is 6.39. The first-order chi connectivity index (χ1) is 17.9. The summed E-state index contributed by atoms with van der Waals surface area (Å²) in [5, 5.41) is 3.06. The number of likely N-dealkylation sites (N-methyl/N-ethyl adjacent to an activating group) is 1. The minimum absolute atomic E-state index is 0.0569. The highest BCUT2D eigenvalue weighted by Crippen LogP contribution is 2.37. The number of halogens is 1. The van der Waals surface area contributed by atoms with Crippen LogP contribution in [0.2, 0.25) is 0 Å². The van der Waals surface area contributed by atoms with E-state index < -0.39 is 17.6 Å². The maximum absolute atomic E-state index is 14.9. The Morgan fingerprint density at radius 1 is 1.05 bits per heavy atom. The van der Waals surface area contributed by atoms with Crippen LogP contribution < -0.4 is 19.5 Å². The monoisotopic (exact) mass is 505 g/mol. The largest absolute Gasteiger partial charge is 0.493 e. The van der Waals surface area contributed by atoms with Crippen molar-refractivity contribution in [2.24, 2.45) is 0 Å². The molecule has 0 aliphatic heterocycles. The maximum Gasteiger partial charge on any atom is 0.313 e. The second-order valence-electron chi connectivity index (χ2n) is 8.50. The van der Waals surface area contributed by atoms with Crippen LogP contribution >= 0.6 is 0 Å². The van der Waals surface area contributed by atoms with Gasteiger partial charge in [-0.25, -0.2) is 4.39 Å². The molecule has 4 rings (SSSR count). The van der Waals surface area contributed by atoms with Gasteiger partial charge in [-0.2, -0.15) is 0 Å². The lowest BCUT2D eigenvalue weighted by Crippen LogP contribution is -2.37. The quantitative estimate of drug-likeness (QED) is 0.421. The predicted molar refractivity (Wildman–Crippen MR) is 139 cm³/mol. The molecule has 0 unspecified atom stereocenters. The van der Waals surface area contributed by atoms with Crippen molar-refractivity contribution in [3.05, 3.63) is 72.2 Å². The summed E-state index contributed by atoms with van der Waals surface area (Å²) in [6.45, 7) is 0.420. The van der Waals surface area contributed by atoms with Crippen molar-refractivity contribution in [3.8, 4) is 23.0 Å². The summed E-state index contributed by atoms with van der Waals surface area (Å²) in [6.07, 6.45) is 10.3. The number of aromatic nitrogens is 1. The fourth-order valence-electron chi connectivity index (χ4n) is 3.95. The van der Waals surface area contributed by atoms with Crippen LogP contribution in [0.4, 0.5) is 10.1 Å². The number of carbonyl (C=O) groups excluding carboxylic acids is 2. The van der Waals surface area contributed by atoms with E-state index in [2.05, 4.69) is 16.4 Å². The van der Waals surface area contributed by atoms with Crippen LogP contribution in [0.1, 0.15) is 19.3 Å². The number of carbonyl (C=O) groups is 2. The molecule has 2 amide bonds. The third-order valence-electron chi connectivity index (χ3n) is 6.03. The first kappa shape index (κ1) is 25.7. The van der Waals surface area contributed by atoms with Crippen LogP contribution in [0.15, 0.2) is 66.4 Å². The zero-order chi connectivity index (χ0) is 26.4. The molecule has 0 saturated heterocycles. The minimum atomic E-state index is -0.839. The summed E-state index contributed by atoms with van der Waals surface area (Å²) < 4.78 is 31.4. The molecule has 1 N–H and O–H groups in total. The van der Waals surface area contributed by atoms with Crippen LogP contribution in [-0.2, 0) is 9.59 Å². The van der Waals surface area contributed by atoms with Gasteiger partial charge in [-0.3, -0.25) is 14.6 Å². The number of rotatable bonds is 8. The molecule has 0 fully saturated rings. The smallest absolute Gasteiger partial charge is 0.313 e. The zero-order valence-electron chi connectivity index (χ0n) is 20.9. The number of nitrogens with zero attached hydrogens (tertiary/aromatic N) is 2. The van der Waals surface area contributed by atoms with Crippen molar-refractivity contribution in [3.63, 3.8) is 0 Å². The maximum atomic E-state index is 14.9. The van der Waals surface area contributed by atoms with Gasteiger partial charge in [0.1, 0.15) is 5.75 Å². The van der Waals surface area contributed by atoms with E-state index in [1.807, 2.05) is 12.2 Å². The van der Waals surface area contributed by atoms with Gasteiger partial charge in [0.15, 0.2) is 23.1 Å². The second kappa shape index (κ2) is 11.6. The molecule has 1 aliphatic rings. The Morgan fingerprint density at radius 3 is 2.54 bits per heavy atom. The van der Waals surface area contributed by atoms with Crippen molar-refractivity contribution in [2.45, 2.75) is 19.3 Å². The van der Waals surface area contributed by atoms with Gasteiger partial charge in [0.05, 0.1) is 19.7 Å². The molecule has 192 valence electrons. The molecule has 9 heteroatoms. The molecule has 0 spiro atoms. The number of anilines is 1. The number of pyridine rings is 1. The van der Waals surface area contributed by atoms with E-state index in [-0.39, 0.29) is 11.4 Å². The number of methoxy groups -OCH3 is 2. The Labute approximate surface area is 214 Å². The van der Waals surface area contributed by atoms with Crippen molar-refractivity contribution in [2.75, 3.05) is 33.1 Å². The van der Waals surface area contributed by atoms with E-state index >= 15 is 0 Å². The highest BCUT2D eigenvalue weighted by Gasteiger charge is 2.20. The van der Waals surface area contributed by atoms with Gasteiger partial charge in [-0.1, -0.05) is 23.8 Å². The van der Waals surface area contributed by atoms with Crippen molar-refractivity contribution < 1.29 is 28.2 Å². The third-order valence-corrected chi connectivity index (χ3v) is 6.03. The summed E-state index contributed by atoms with van der Waals surface area (Å²) in [5.41, 5.74) is 1.96. The Morgan fingerprint density at radius 2 is 1.84 bits per heavy atom. The summed E-state index contributed by atoms with van der Waals surface area (Å²) >= 11 is 0. The fourth-order valence-corrected chi connectivity index (χ4v) is 3.95. The van der Waals surface area contributed by atoms with E-state index in [9.17, 15) is 14.0 Å². The number of ether oxygens (including phenoxy) is 3. The standard InChI is InChI=1S/C28H28FN3O5/c1-32(14-12-18-7-5-4-6-8-18)28(34)27(33)31-19-9-10-24(21(29)15-19)37-23-11-13-30-22-17-26(36-3)25(35-2)16-20(22)23/h4-5,7,9-11,13,15-17H,6,8,12,14H2,1-3H3,(H,31,33). The Balaban J connectivity index is 1.43. The molecule has 0 saturated carbocycles. The van der Waals surface area contributed by atoms with Crippen molar-refractivity contribution in [1.29, 1.82) is 0 Å². The van der Waals surface area contributed by atoms with Gasteiger partial charge in [0, 0.05) is 43.0 Å². The summed E-state index contributed by atoms with van der Waals surface area (Å²) in [4.78, 5) is 30.6. The van der Waals surface area contributed by atoms with Crippen LogP contribution in [0.5, 0.6) is 23.0 Å². The fraction of sp³-hybridized carbons (Fsp3) is 0.250. The number of allylic oxidation sites excluding steroid dienone is 3. The van der Waals surface area contributed by atoms with Gasteiger partial charge >= 0.3 is 11.8 Å². The van der Waals surface area contributed by atoms with Crippen LogP contribution in [0, 0.1) is 5.82 Å². The lowest BCUT2D eigenvalue weighted by atomic mass is 10.0. The number of fused-ring (bicyclic) bond motifs is 1. The van der Waals surface area contributed by atoms with Crippen LogP contribution in [0.25, 0.3) is 10.9 Å². The van der Waals surface area contributed by atoms with E-state index in [0.29, 0.717) is 41.1 Å².